The maximum Gasteiger partial charge on any atom is 0.0939 e. The molecule has 0 saturated heterocycles. The van der Waals surface area contributed by atoms with Crippen LogP contribution in [0.1, 0.15) is 0 Å². The lowest BCUT2D eigenvalue weighted by Gasteiger charge is -2.05. The lowest BCUT2D eigenvalue weighted by Crippen LogP contribution is -1.94. The molecule has 0 atom stereocenters. The van der Waals surface area contributed by atoms with Gasteiger partial charge in [-0.25, -0.2) is 0 Å². The summed E-state index contributed by atoms with van der Waals surface area (Å²) in [5.74, 6) is 0. The number of aromatic nitrogens is 1. The van der Waals surface area contributed by atoms with E-state index < -0.39 is 0 Å². The highest BCUT2D eigenvalue weighted by Crippen LogP contribution is 2.15. The van der Waals surface area contributed by atoms with Gasteiger partial charge in [0.2, 0.25) is 0 Å². The van der Waals surface area contributed by atoms with Crippen molar-refractivity contribution in [2.24, 2.45) is 0 Å². The Morgan fingerprint density at radius 2 is 2.31 bits per heavy atom. The Labute approximate surface area is 81.5 Å². The third-order valence-corrected chi connectivity index (χ3v) is 2.02. The number of allylic oxidation sites excluding steroid dienone is 1. The number of anilines is 1. The van der Waals surface area contributed by atoms with E-state index in [1.165, 1.54) is 17.8 Å². The summed E-state index contributed by atoms with van der Waals surface area (Å²) in [6, 6.07) is 5.68. The third kappa shape index (κ3) is 3.18. The molecule has 0 saturated carbocycles. The van der Waals surface area contributed by atoms with Crippen LogP contribution in [0.3, 0.4) is 0 Å². The van der Waals surface area contributed by atoms with Gasteiger partial charge in [0, 0.05) is 24.2 Å². The molecule has 13 heavy (non-hydrogen) atoms. The van der Waals surface area contributed by atoms with Gasteiger partial charge in [-0.05, 0) is 18.4 Å². The van der Waals surface area contributed by atoms with Gasteiger partial charge in [0.1, 0.15) is 0 Å². The van der Waals surface area contributed by atoms with Crippen LogP contribution in [0.4, 0.5) is 5.69 Å². The van der Waals surface area contributed by atoms with E-state index in [4.69, 9.17) is 5.26 Å². The number of nitrogens with one attached hydrogen (secondary N) is 1. The van der Waals surface area contributed by atoms with Crippen LogP contribution >= 0.6 is 11.8 Å². The molecular formula is C9H9N3S. The smallest absolute Gasteiger partial charge is 0.0939 e. The SMILES string of the molecule is CSC(=CC#N)Nc1ccncc1. The van der Waals surface area contributed by atoms with E-state index in [1.54, 1.807) is 12.4 Å². The van der Waals surface area contributed by atoms with E-state index in [-0.39, 0.29) is 0 Å². The Kier molecular flexibility index (Phi) is 3.86. The second-order valence-electron chi connectivity index (χ2n) is 2.20. The molecule has 0 aliphatic rings. The average molecular weight is 191 g/mol. The highest BCUT2D eigenvalue weighted by atomic mass is 32.2. The van der Waals surface area contributed by atoms with Crippen molar-refractivity contribution in [3.63, 3.8) is 0 Å². The first-order chi connectivity index (χ1) is 6.36. The van der Waals surface area contributed by atoms with E-state index >= 15 is 0 Å². The minimum Gasteiger partial charge on any atom is -0.350 e. The zero-order chi connectivity index (χ0) is 9.52. The van der Waals surface area contributed by atoms with Crippen LogP contribution in [-0.2, 0) is 0 Å². The second kappa shape index (κ2) is 5.22. The maximum atomic E-state index is 8.45. The average Bonchev–Trinajstić information content (AvgIpc) is 2.19. The van der Waals surface area contributed by atoms with E-state index in [0.717, 1.165) is 10.7 Å². The van der Waals surface area contributed by atoms with Crippen molar-refractivity contribution >= 4 is 17.4 Å². The van der Waals surface area contributed by atoms with E-state index in [9.17, 15) is 0 Å². The fourth-order valence-electron chi connectivity index (χ4n) is 0.782. The Bertz CT molecular complexity index is 326. The molecular weight excluding hydrogens is 182 g/mol. The minimum absolute atomic E-state index is 0.828. The van der Waals surface area contributed by atoms with Gasteiger partial charge < -0.3 is 5.32 Å². The molecule has 4 heteroatoms. The Balaban J connectivity index is 2.69. The molecule has 3 nitrogen and oxygen atoms in total. The van der Waals surface area contributed by atoms with Crippen LogP contribution in [0.15, 0.2) is 35.6 Å². The minimum atomic E-state index is 0.828. The summed E-state index contributed by atoms with van der Waals surface area (Å²) in [4.78, 5) is 3.89. The van der Waals surface area contributed by atoms with Gasteiger partial charge in [-0.15, -0.1) is 11.8 Å². The molecule has 0 aliphatic carbocycles. The molecule has 0 spiro atoms. The molecule has 0 fully saturated rings. The van der Waals surface area contributed by atoms with Crippen LogP contribution in [0.2, 0.25) is 0 Å². The molecule has 1 aromatic rings. The number of nitrogens with zero attached hydrogens (tertiary/aromatic N) is 2. The van der Waals surface area contributed by atoms with Gasteiger partial charge in [0.25, 0.3) is 0 Å². The van der Waals surface area contributed by atoms with Gasteiger partial charge in [-0.2, -0.15) is 5.26 Å². The quantitative estimate of drug-likeness (QED) is 0.744. The number of hydrogen-bond acceptors (Lipinski definition) is 4. The summed E-state index contributed by atoms with van der Waals surface area (Å²) in [7, 11) is 0. The zero-order valence-electron chi connectivity index (χ0n) is 7.19. The Hall–Kier alpha value is -1.47. The van der Waals surface area contributed by atoms with Crippen LogP contribution in [-0.4, -0.2) is 11.2 Å². The van der Waals surface area contributed by atoms with Gasteiger partial charge in [0.15, 0.2) is 0 Å². The predicted molar refractivity (Wildman–Crippen MR) is 55.1 cm³/mol. The molecule has 0 amide bonds. The Morgan fingerprint density at radius 1 is 1.62 bits per heavy atom. The number of hydrogen-bond donors (Lipinski definition) is 1. The van der Waals surface area contributed by atoms with Crippen molar-refractivity contribution < 1.29 is 0 Å². The van der Waals surface area contributed by atoms with Crippen LogP contribution in [0.5, 0.6) is 0 Å². The van der Waals surface area contributed by atoms with E-state index in [1.807, 2.05) is 24.5 Å². The highest BCUT2D eigenvalue weighted by Gasteiger charge is 1.94. The number of rotatable bonds is 3. The molecule has 1 rings (SSSR count). The summed E-state index contributed by atoms with van der Waals surface area (Å²) < 4.78 is 0. The van der Waals surface area contributed by atoms with Crippen LogP contribution in [0.25, 0.3) is 0 Å². The largest absolute Gasteiger partial charge is 0.350 e. The topological polar surface area (TPSA) is 48.7 Å². The molecule has 0 bridgehead atoms. The fourth-order valence-corrected chi connectivity index (χ4v) is 1.17. The van der Waals surface area contributed by atoms with Gasteiger partial charge >= 0.3 is 0 Å². The van der Waals surface area contributed by atoms with Crippen molar-refractivity contribution in [1.29, 1.82) is 5.26 Å². The third-order valence-electron chi connectivity index (χ3n) is 1.36. The Morgan fingerprint density at radius 3 is 2.85 bits per heavy atom. The normalized spacial score (nSPS) is 10.6. The van der Waals surface area contributed by atoms with Gasteiger partial charge in [-0.1, -0.05) is 0 Å². The van der Waals surface area contributed by atoms with Crippen molar-refractivity contribution in [2.45, 2.75) is 0 Å². The summed E-state index contributed by atoms with van der Waals surface area (Å²) in [6.45, 7) is 0. The fraction of sp³-hybridized carbons (Fsp3) is 0.111. The predicted octanol–water partition coefficient (Wildman–Crippen LogP) is 2.22. The summed E-state index contributed by atoms with van der Waals surface area (Å²) in [5.41, 5.74) is 0.936. The molecule has 0 unspecified atom stereocenters. The van der Waals surface area contributed by atoms with Gasteiger partial charge in [-0.3, -0.25) is 4.98 Å². The van der Waals surface area contributed by atoms with Crippen molar-refractivity contribution in [3.8, 4) is 6.07 Å². The molecule has 66 valence electrons. The van der Waals surface area contributed by atoms with Crippen molar-refractivity contribution in [3.05, 3.63) is 35.6 Å². The maximum absolute atomic E-state index is 8.45. The van der Waals surface area contributed by atoms with Gasteiger partial charge in [0.05, 0.1) is 11.1 Å². The molecule has 1 N–H and O–H groups in total. The molecule has 0 aromatic carbocycles. The summed E-state index contributed by atoms with van der Waals surface area (Å²) in [5, 5.41) is 12.4. The number of thioether (sulfide) groups is 1. The van der Waals surface area contributed by atoms with E-state index in [0.29, 0.717) is 0 Å². The van der Waals surface area contributed by atoms with E-state index in [2.05, 4.69) is 10.3 Å². The standard InChI is InChI=1S/C9H9N3S/c1-13-9(2-5-10)12-8-3-6-11-7-4-8/h2-4,6-7H,1H3,(H,11,12). The number of pyridine rings is 1. The van der Waals surface area contributed by atoms with Crippen molar-refractivity contribution in [1.82, 2.24) is 4.98 Å². The summed E-state index contributed by atoms with van der Waals surface area (Å²) in [6.07, 6.45) is 6.79. The first kappa shape index (κ1) is 9.62. The first-order valence-corrected chi connectivity index (χ1v) is 4.90. The molecule has 0 aliphatic heterocycles. The lowest BCUT2D eigenvalue weighted by molar-refractivity contribution is 1.32. The van der Waals surface area contributed by atoms with Crippen LogP contribution in [0, 0.1) is 11.3 Å². The zero-order valence-corrected chi connectivity index (χ0v) is 8.01. The lowest BCUT2D eigenvalue weighted by atomic mass is 10.4. The summed E-state index contributed by atoms with van der Waals surface area (Å²) >= 11 is 1.50. The monoisotopic (exact) mass is 191 g/mol. The van der Waals surface area contributed by atoms with Crippen LogP contribution < -0.4 is 5.32 Å². The number of nitriles is 1. The highest BCUT2D eigenvalue weighted by molar-refractivity contribution is 8.02. The van der Waals surface area contributed by atoms with Crippen molar-refractivity contribution in [2.75, 3.05) is 11.6 Å². The second-order valence-corrected chi connectivity index (χ2v) is 3.05. The molecule has 0 radical (unpaired) electrons. The molecule has 1 heterocycles. The molecule has 1 aromatic heterocycles. The first-order valence-electron chi connectivity index (χ1n) is 3.67.